The average Bonchev–Trinajstić information content (AvgIpc) is 3.50. The van der Waals surface area contributed by atoms with Gasteiger partial charge < -0.3 is 24.1 Å². The van der Waals surface area contributed by atoms with E-state index in [4.69, 9.17) is 30.3 Å². The van der Waals surface area contributed by atoms with Gasteiger partial charge in [-0.2, -0.15) is 10.1 Å². The van der Waals surface area contributed by atoms with Crippen molar-refractivity contribution in [3.63, 3.8) is 0 Å². The lowest BCUT2D eigenvalue weighted by atomic mass is 10.1. The highest BCUT2D eigenvalue weighted by Gasteiger charge is 2.27. The van der Waals surface area contributed by atoms with Gasteiger partial charge in [-0.15, -0.1) is 0 Å². The molecule has 1 aromatic heterocycles. The summed E-state index contributed by atoms with van der Waals surface area (Å²) < 4.78 is 21.2. The normalized spacial score (nSPS) is 14.7. The molecule has 2 aliphatic rings. The van der Waals surface area contributed by atoms with Crippen molar-refractivity contribution in [1.82, 2.24) is 15.1 Å². The summed E-state index contributed by atoms with van der Waals surface area (Å²) in [5, 5.41) is 12.4. The minimum Gasteiger partial charge on any atom is -0.495 e. The number of carbonyl (C=O) groups is 2. The Morgan fingerprint density at radius 1 is 1.18 bits per heavy atom. The van der Waals surface area contributed by atoms with Crippen LogP contribution in [0.15, 0.2) is 46.0 Å². The monoisotopic (exact) mass is 483 g/mol. The molecule has 0 fully saturated rings. The molecule has 34 heavy (non-hydrogen) atoms. The maximum absolute atomic E-state index is 12.5. The summed E-state index contributed by atoms with van der Waals surface area (Å²) in [6.45, 7) is -0.120. The number of rotatable bonds is 6. The Morgan fingerprint density at radius 3 is 2.85 bits per heavy atom. The Bertz CT molecular complexity index is 1310. The molecule has 2 amide bonds. The Balaban J connectivity index is 1.29. The lowest BCUT2D eigenvalue weighted by Gasteiger charge is -2.21. The number of halogens is 1. The number of ether oxygens (including phenoxy) is 3. The summed E-state index contributed by atoms with van der Waals surface area (Å²) in [6, 6.07) is 10.1. The molecule has 0 saturated heterocycles. The molecule has 0 unspecified atom stereocenters. The van der Waals surface area contributed by atoms with Crippen LogP contribution in [0.2, 0.25) is 5.02 Å². The second kappa shape index (κ2) is 9.02. The maximum atomic E-state index is 12.5. The van der Waals surface area contributed by atoms with Gasteiger partial charge in [-0.05, 0) is 36.4 Å². The second-order valence-corrected chi connectivity index (χ2v) is 7.79. The number of anilines is 1. The van der Waals surface area contributed by atoms with E-state index in [1.807, 2.05) is 0 Å². The first kappa shape index (κ1) is 21.7. The van der Waals surface area contributed by atoms with E-state index in [2.05, 4.69) is 20.6 Å². The van der Waals surface area contributed by atoms with E-state index >= 15 is 0 Å². The van der Waals surface area contributed by atoms with Crippen molar-refractivity contribution in [2.24, 2.45) is 5.10 Å². The molecule has 0 bridgehead atoms. The summed E-state index contributed by atoms with van der Waals surface area (Å²) in [7, 11) is 1.50. The van der Waals surface area contributed by atoms with Crippen LogP contribution in [-0.4, -0.2) is 53.1 Å². The molecule has 3 heterocycles. The fraction of sp³-hybridized carbons (Fsp3) is 0.227. The molecule has 2 aliphatic heterocycles. The van der Waals surface area contributed by atoms with Crippen LogP contribution < -0.4 is 19.5 Å². The van der Waals surface area contributed by atoms with Crippen LogP contribution in [0.5, 0.6) is 17.2 Å². The molecule has 12 heteroatoms. The summed E-state index contributed by atoms with van der Waals surface area (Å²) in [5.41, 5.74) is 1.57. The Morgan fingerprint density at radius 2 is 2.03 bits per heavy atom. The fourth-order valence-corrected chi connectivity index (χ4v) is 3.71. The van der Waals surface area contributed by atoms with Crippen LogP contribution in [-0.2, 0) is 9.59 Å². The Labute approximate surface area is 198 Å². The van der Waals surface area contributed by atoms with E-state index < -0.39 is 5.91 Å². The van der Waals surface area contributed by atoms with Crippen molar-refractivity contribution in [3.8, 4) is 28.6 Å². The van der Waals surface area contributed by atoms with Crippen molar-refractivity contribution < 1.29 is 28.3 Å². The lowest BCUT2D eigenvalue weighted by molar-refractivity contribution is -0.135. The van der Waals surface area contributed by atoms with Gasteiger partial charge >= 0.3 is 0 Å². The zero-order valence-corrected chi connectivity index (χ0v) is 18.7. The first-order valence-corrected chi connectivity index (χ1v) is 10.6. The van der Waals surface area contributed by atoms with Crippen LogP contribution >= 0.6 is 11.6 Å². The van der Waals surface area contributed by atoms with Gasteiger partial charge in [0, 0.05) is 24.1 Å². The third-order valence-corrected chi connectivity index (χ3v) is 5.43. The van der Waals surface area contributed by atoms with E-state index in [1.165, 1.54) is 7.11 Å². The molecule has 11 nitrogen and oxygen atoms in total. The molecule has 0 radical (unpaired) electrons. The van der Waals surface area contributed by atoms with E-state index in [-0.39, 0.29) is 31.6 Å². The van der Waals surface area contributed by atoms with Gasteiger partial charge in [0.2, 0.25) is 24.4 Å². The largest absolute Gasteiger partial charge is 0.495 e. The predicted molar refractivity (Wildman–Crippen MR) is 120 cm³/mol. The number of fused-ring (bicyclic) bond motifs is 1. The van der Waals surface area contributed by atoms with Gasteiger partial charge in [-0.3, -0.25) is 9.59 Å². The molecular formula is C22H18ClN5O6. The van der Waals surface area contributed by atoms with Gasteiger partial charge in [0.25, 0.3) is 5.89 Å². The molecule has 5 rings (SSSR count). The number of carbonyl (C=O) groups excluding carboxylic acids is 2. The number of amides is 2. The third-order valence-electron chi connectivity index (χ3n) is 5.14. The van der Waals surface area contributed by atoms with E-state index in [0.717, 1.165) is 5.01 Å². The molecular weight excluding hydrogens is 466 g/mol. The van der Waals surface area contributed by atoms with Crippen LogP contribution in [0.1, 0.15) is 18.7 Å². The van der Waals surface area contributed by atoms with Crippen molar-refractivity contribution in [1.29, 1.82) is 0 Å². The number of methoxy groups -OCH3 is 1. The lowest BCUT2D eigenvalue weighted by Crippen LogP contribution is -2.38. The molecule has 2 aromatic carbocycles. The SMILES string of the molecule is COc1ccc(NC(=O)CN2N=C(c3nc(-c4ccc5c(c4)OCO5)no3)CCC2=O)cc1Cl. The molecule has 0 aliphatic carbocycles. The van der Waals surface area contributed by atoms with Gasteiger partial charge in [0.1, 0.15) is 18.0 Å². The van der Waals surface area contributed by atoms with Gasteiger partial charge in [-0.1, -0.05) is 16.8 Å². The number of nitrogens with zero attached hydrogens (tertiary/aromatic N) is 4. The van der Waals surface area contributed by atoms with Gasteiger partial charge in [-0.25, -0.2) is 5.01 Å². The zero-order chi connectivity index (χ0) is 23.7. The van der Waals surface area contributed by atoms with Gasteiger partial charge in [0.05, 0.1) is 12.1 Å². The zero-order valence-electron chi connectivity index (χ0n) is 17.9. The first-order valence-electron chi connectivity index (χ1n) is 10.3. The van der Waals surface area contributed by atoms with Crippen LogP contribution in [0.4, 0.5) is 5.69 Å². The predicted octanol–water partition coefficient (Wildman–Crippen LogP) is 3.09. The highest BCUT2D eigenvalue weighted by atomic mass is 35.5. The maximum Gasteiger partial charge on any atom is 0.274 e. The minimum absolute atomic E-state index is 0.155. The Kier molecular flexibility index (Phi) is 5.76. The van der Waals surface area contributed by atoms with Crippen LogP contribution in [0.3, 0.4) is 0 Å². The van der Waals surface area contributed by atoms with Crippen LogP contribution in [0.25, 0.3) is 11.4 Å². The van der Waals surface area contributed by atoms with E-state index in [1.54, 1.807) is 36.4 Å². The highest BCUT2D eigenvalue weighted by Crippen LogP contribution is 2.35. The molecule has 0 atom stereocenters. The topological polar surface area (TPSA) is 128 Å². The van der Waals surface area contributed by atoms with E-state index in [0.29, 0.717) is 51.5 Å². The quantitative estimate of drug-likeness (QED) is 0.566. The number of hydrogen-bond donors (Lipinski definition) is 1. The number of aromatic nitrogens is 2. The summed E-state index contributed by atoms with van der Waals surface area (Å²) in [5.74, 6) is 1.52. The minimum atomic E-state index is -0.439. The van der Waals surface area contributed by atoms with Crippen LogP contribution in [0, 0.1) is 0 Å². The molecule has 0 spiro atoms. The molecule has 0 saturated carbocycles. The van der Waals surface area contributed by atoms with Crippen molar-refractivity contribution in [3.05, 3.63) is 47.3 Å². The Hall–Kier alpha value is -4.12. The van der Waals surface area contributed by atoms with Crippen molar-refractivity contribution in [2.45, 2.75) is 12.8 Å². The first-order chi connectivity index (χ1) is 16.5. The van der Waals surface area contributed by atoms with Crippen molar-refractivity contribution >= 4 is 34.8 Å². The average molecular weight is 484 g/mol. The molecule has 1 N–H and O–H groups in total. The smallest absolute Gasteiger partial charge is 0.274 e. The second-order valence-electron chi connectivity index (χ2n) is 7.39. The van der Waals surface area contributed by atoms with Crippen molar-refractivity contribution in [2.75, 3.05) is 25.8 Å². The summed E-state index contributed by atoms with van der Waals surface area (Å²) in [4.78, 5) is 29.2. The number of nitrogens with one attached hydrogen (secondary N) is 1. The highest BCUT2D eigenvalue weighted by molar-refractivity contribution is 6.32. The fourth-order valence-electron chi connectivity index (χ4n) is 3.45. The molecule has 3 aromatic rings. The number of hydrazone groups is 1. The third kappa shape index (κ3) is 4.37. The standard InChI is InChI=1S/C22H18ClN5O6/c1-31-16-6-3-13(9-14(16)23)24-19(29)10-28-20(30)7-4-15(26-28)22-25-21(27-34-22)12-2-5-17-18(8-12)33-11-32-17/h2-3,5-6,8-9H,4,7,10-11H2,1H3,(H,24,29). The summed E-state index contributed by atoms with van der Waals surface area (Å²) >= 11 is 6.09. The summed E-state index contributed by atoms with van der Waals surface area (Å²) in [6.07, 6.45) is 0.468. The molecule has 174 valence electrons. The number of benzene rings is 2. The number of hydrogen-bond acceptors (Lipinski definition) is 9. The van der Waals surface area contributed by atoms with Gasteiger partial charge in [0.15, 0.2) is 11.5 Å². The van der Waals surface area contributed by atoms with E-state index in [9.17, 15) is 9.59 Å².